The van der Waals surface area contributed by atoms with Gasteiger partial charge in [-0.25, -0.2) is 9.97 Å². The van der Waals surface area contributed by atoms with E-state index in [2.05, 4.69) is 43.1 Å². The summed E-state index contributed by atoms with van der Waals surface area (Å²) >= 11 is 1.63. The Morgan fingerprint density at radius 3 is 2.89 bits per heavy atom. The molecule has 0 aliphatic carbocycles. The highest BCUT2D eigenvalue weighted by molar-refractivity contribution is 7.09. The number of hydrogen-bond donors (Lipinski definition) is 3. The average molecular weight is 426 g/mol. The number of hydrogen-bond acceptors (Lipinski definition) is 5. The molecule has 0 spiro atoms. The molecule has 1 aliphatic heterocycles. The maximum atomic E-state index is 12.4. The second kappa shape index (κ2) is 9.85. The van der Waals surface area contributed by atoms with Crippen molar-refractivity contribution in [2.75, 3.05) is 13.1 Å². The Labute approximate surface area is 174 Å². The van der Waals surface area contributed by atoms with Crippen LogP contribution in [0.5, 0.6) is 0 Å². The second-order valence-electron chi connectivity index (χ2n) is 5.94. The summed E-state index contributed by atoms with van der Waals surface area (Å²) in [4.78, 5) is 24.5. The number of aromatic nitrogens is 3. The third-order valence-corrected chi connectivity index (χ3v) is 5.18. The fourth-order valence-electron chi connectivity index (χ4n) is 3.00. The van der Waals surface area contributed by atoms with Gasteiger partial charge in [0.05, 0.1) is 22.7 Å². The molecule has 0 bridgehead atoms. The Morgan fingerprint density at radius 2 is 2.07 bits per heavy atom. The van der Waals surface area contributed by atoms with Gasteiger partial charge < -0.3 is 15.6 Å². The van der Waals surface area contributed by atoms with Crippen molar-refractivity contribution in [2.24, 2.45) is 0 Å². The van der Waals surface area contributed by atoms with Gasteiger partial charge in [-0.1, -0.05) is 30.3 Å². The van der Waals surface area contributed by atoms with Crippen molar-refractivity contribution in [1.29, 1.82) is 0 Å². The minimum atomic E-state index is -0.369. The van der Waals surface area contributed by atoms with Crippen molar-refractivity contribution in [1.82, 2.24) is 25.6 Å². The molecule has 3 N–H and O–H groups in total. The Hall–Kier alpha value is -1.93. The van der Waals surface area contributed by atoms with Crippen LogP contribution in [0.4, 0.5) is 0 Å². The Bertz CT molecular complexity index is 868. The summed E-state index contributed by atoms with van der Waals surface area (Å²) in [5.41, 5.74) is 3.96. The molecular formula is C18H21Cl2N5OS. The molecule has 6 nitrogen and oxygen atoms in total. The number of nitrogens with zero attached hydrogens (tertiary/aromatic N) is 2. The first-order chi connectivity index (χ1) is 12.3. The normalized spacial score (nSPS) is 15.2. The zero-order chi connectivity index (χ0) is 17.1. The van der Waals surface area contributed by atoms with Crippen LogP contribution in [0.2, 0.25) is 0 Å². The number of nitrogens with one attached hydrogen (secondary N) is 3. The molecule has 0 fully saturated rings. The van der Waals surface area contributed by atoms with E-state index in [4.69, 9.17) is 0 Å². The van der Waals surface area contributed by atoms with Gasteiger partial charge in [-0.2, -0.15) is 0 Å². The quantitative estimate of drug-likeness (QED) is 0.586. The van der Waals surface area contributed by atoms with E-state index in [9.17, 15) is 4.79 Å². The van der Waals surface area contributed by atoms with Crippen LogP contribution in [-0.4, -0.2) is 33.9 Å². The van der Waals surface area contributed by atoms with Crippen LogP contribution in [0.25, 0.3) is 11.3 Å². The van der Waals surface area contributed by atoms with E-state index >= 15 is 0 Å². The maximum Gasteiger partial charge on any atom is 0.243 e. The zero-order valence-electron chi connectivity index (χ0n) is 14.5. The summed E-state index contributed by atoms with van der Waals surface area (Å²) in [5, 5.41) is 9.30. The molecule has 0 saturated carbocycles. The van der Waals surface area contributed by atoms with Gasteiger partial charge in [-0.05, 0) is 0 Å². The van der Waals surface area contributed by atoms with Crippen LogP contribution in [0, 0.1) is 0 Å². The molecule has 1 amide bonds. The summed E-state index contributed by atoms with van der Waals surface area (Å²) in [7, 11) is 0. The first-order valence-electron chi connectivity index (χ1n) is 8.34. The van der Waals surface area contributed by atoms with E-state index in [-0.39, 0.29) is 36.8 Å². The maximum absolute atomic E-state index is 12.4. The lowest BCUT2D eigenvalue weighted by Gasteiger charge is -2.22. The highest BCUT2D eigenvalue weighted by atomic mass is 35.5. The summed E-state index contributed by atoms with van der Waals surface area (Å²) < 4.78 is 0. The minimum absolute atomic E-state index is 0. The summed E-state index contributed by atoms with van der Waals surface area (Å²) in [5.74, 6) is -0.0344. The molecule has 1 aliphatic rings. The lowest BCUT2D eigenvalue weighted by Crippen LogP contribution is -2.42. The standard InChI is InChI=1S/C18H19N5OS.2ClH/c24-18(17-16-13(6-8-19-17)21-11-22-16)20-9-7-15-23-14(10-25-15)12-4-2-1-3-5-12;;/h1-5,10-11,17,19H,6-9H2,(H,20,24)(H,21,22);2*1H. The van der Waals surface area contributed by atoms with Crippen LogP contribution in [0.1, 0.15) is 22.4 Å². The molecule has 1 atom stereocenters. The predicted octanol–water partition coefficient (Wildman–Crippen LogP) is 2.92. The molecule has 0 radical (unpaired) electrons. The predicted molar refractivity (Wildman–Crippen MR) is 112 cm³/mol. The van der Waals surface area contributed by atoms with E-state index in [0.29, 0.717) is 6.54 Å². The van der Waals surface area contributed by atoms with Crippen molar-refractivity contribution in [3.8, 4) is 11.3 Å². The molecular weight excluding hydrogens is 405 g/mol. The van der Waals surface area contributed by atoms with Gasteiger partial charge in [0, 0.05) is 42.6 Å². The third-order valence-electron chi connectivity index (χ3n) is 4.27. The smallest absolute Gasteiger partial charge is 0.243 e. The van der Waals surface area contributed by atoms with Gasteiger partial charge in [-0.15, -0.1) is 36.2 Å². The zero-order valence-corrected chi connectivity index (χ0v) is 16.9. The topological polar surface area (TPSA) is 82.7 Å². The number of H-pyrrole nitrogens is 1. The van der Waals surface area contributed by atoms with Crippen LogP contribution in [-0.2, 0) is 17.6 Å². The molecule has 4 rings (SSSR count). The largest absolute Gasteiger partial charge is 0.354 e. The van der Waals surface area contributed by atoms with Gasteiger partial charge in [0.25, 0.3) is 0 Å². The molecule has 2 aromatic heterocycles. The average Bonchev–Trinajstić information content (AvgIpc) is 3.31. The SMILES string of the molecule is Cl.Cl.O=C(NCCc1nc(-c2ccccc2)cs1)C1NCCc2[nH]cnc21. The number of fused-ring (bicyclic) bond motifs is 1. The first kappa shape index (κ1) is 21.4. The highest BCUT2D eigenvalue weighted by Crippen LogP contribution is 2.22. The van der Waals surface area contributed by atoms with Gasteiger partial charge in [0.15, 0.2) is 0 Å². The van der Waals surface area contributed by atoms with Gasteiger partial charge in [-0.3, -0.25) is 4.79 Å². The van der Waals surface area contributed by atoms with Crippen molar-refractivity contribution in [2.45, 2.75) is 18.9 Å². The monoisotopic (exact) mass is 425 g/mol. The number of halogens is 2. The number of carbonyl (C=O) groups is 1. The number of imidazole rings is 1. The molecule has 1 aromatic carbocycles. The van der Waals surface area contributed by atoms with Gasteiger partial charge >= 0.3 is 0 Å². The number of carbonyl (C=O) groups excluding carboxylic acids is 1. The lowest BCUT2D eigenvalue weighted by atomic mass is 10.1. The molecule has 27 heavy (non-hydrogen) atoms. The third kappa shape index (κ3) is 4.87. The summed E-state index contributed by atoms with van der Waals surface area (Å²) in [6.45, 7) is 1.35. The van der Waals surface area contributed by atoms with Crippen LogP contribution < -0.4 is 10.6 Å². The first-order valence-corrected chi connectivity index (χ1v) is 9.22. The van der Waals surface area contributed by atoms with Crippen molar-refractivity contribution < 1.29 is 4.79 Å². The number of benzene rings is 1. The van der Waals surface area contributed by atoms with Crippen molar-refractivity contribution >= 4 is 42.1 Å². The molecule has 3 aromatic rings. The molecule has 0 saturated heterocycles. The number of amides is 1. The van der Waals surface area contributed by atoms with Gasteiger partial charge in [0.2, 0.25) is 5.91 Å². The summed E-state index contributed by atoms with van der Waals surface area (Å²) in [6.07, 6.45) is 3.25. The number of rotatable bonds is 5. The van der Waals surface area contributed by atoms with Crippen LogP contribution in [0.3, 0.4) is 0 Å². The molecule has 144 valence electrons. The second-order valence-corrected chi connectivity index (χ2v) is 6.88. The van der Waals surface area contributed by atoms with E-state index in [1.54, 1.807) is 17.7 Å². The van der Waals surface area contributed by atoms with E-state index in [0.717, 1.165) is 47.0 Å². The number of aromatic amines is 1. The van der Waals surface area contributed by atoms with Crippen molar-refractivity contribution in [3.63, 3.8) is 0 Å². The fourth-order valence-corrected chi connectivity index (χ4v) is 3.80. The molecule has 3 heterocycles. The van der Waals surface area contributed by atoms with E-state index in [1.165, 1.54) is 0 Å². The fraction of sp³-hybridized carbons (Fsp3) is 0.278. The Balaban J connectivity index is 0.00000131. The minimum Gasteiger partial charge on any atom is -0.354 e. The van der Waals surface area contributed by atoms with Crippen LogP contribution in [0.15, 0.2) is 42.0 Å². The van der Waals surface area contributed by atoms with E-state index in [1.807, 2.05) is 18.2 Å². The van der Waals surface area contributed by atoms with E-state index < -0.39 is 0 Å². The van der Waals surface area contributed by atoms with Gasteiger partial charge in [0.1, 0.15) is 6.04 Å². The molecule has 9 heteroatoms. The highest BCUT2D eigenvalue weighted by Gasteiger charge is 2.28. The Kier molecular flexibility index (Phi) is 7.79. The summed E-state index contributed by atoms with van der Waals surface area (Å²) in [6, 6.07) is 9.75. The number of thiazole rings is 1. The van der Waals surface area contributed by atoms with Crippen molar-refractivity contribution in [3.05, 3.63) is 58.4 Å². The lowest BCUT2D eigenvalue weighted by molar-refractivity contribution is -0.123. The Morgan fingerprint density at radius 1 is 1.26 bits per heavy atom. The molecule has 1 unspecified atom stereocenters. The van der Waals surface area contributed by atoms with Crippen LogP contribution >= 0.6 is 36.2 Å².